The van der Waals surface area contributed by atoms with Crippen LogP contribution in [0, 0.1) is 3.57 Å². The summed E-state index contributed by atoms with van der Waals surface area (Å²) in [5, 5.41) is 0.405. The Bertz CT molecular complexity index is 1910. The van der Waals surface area contributed by atoms with E-state index in [1.165, 1.54) is 11.3 Å². The molecule has 44 heavy (non-hydrogen) atoms. The first-order chi connectivity index (χ1) is 21.1. The number of rotatable bonds is 9. The molecule has 0 saturated carbocycles. The monoisotopic (exact) mass is 806 g/mol. The summed E-state index contributed by atoms with van der Waals surface area (Å²) in [5.74, 6) is 0.569. The maximum Gasteiger partial charge on any atom is 0.338 e. The molecule has 0 bridgehead atoms. The Morgan fingerprint density at radius 2 is 1.91 bits per heavy atom. The zero-order chi connectivity index (χ0) is 31.5. The number of fused-ring (bicyclic) bond motifs is 1. The van der Waals surface area contributed by atoms with Gasteiger partial charge in [-0.2, -0.15) is 0 Å². The van der Waals surface area contributed by atoms with Crippen LogP contribution >= 0.6 is 61.5 Å². The van der Waals surface area contributed by atoms with Crippen LogP contribution in [0.15, 0.2) is 86.2 Å². The number of benzene rings is 3. The molecule has 0 radical (unpaired) electrons. The highest BCUT2D eigenvalue weighted by molar-refractivity contribution is 14.1. The Morgan fingerprint density at radius 1 is 1.18 bits per heavy atom. The number of ether oxygens (including phenoxy) is 3. The average Bonchev–Trinajstić information content (AvgIpc) is 3.26. The molecule has 0 spiro atoms. The van der Waals surface area contributed by atoms with Crippen LogP contribution in [-0.2, 0) is 16.1 Å². The second-order valence-electron chi connectivity index (χ2n) is 10.2. The fourth-order valence-electron chi connectivity index (χ4n) is 4.84. The number of thiazole rings is 1. The first-order valence-corrected chi connectivity index (χ1v) is 17.0. The molecule has 4 aromatic rings. The summed E-state index contributed by atoms with van der Waals surface area (Å²) in [6.07, 6.45) is 1.65. The molecular formula is C33H29BrClIN2O5S. The second-order valence-corrected chi connectivity index (χ2v) is 13.8. The van der Waals surface area contributed by atoms with E-state index in [4.69, 9.17) is 25.8 Å². The number of carbonyl (C=O) groups is 1. The molecule has 0 aliphatic carbocycles. The first kappa shape index (κ1) is 32.5. The molecule has 0 fully saturated rings. The summed E-state index contributed by atoms with van der Waals surface area (Å²) in [6, 6.07) is 18.3. The minimum absolute atomic E-state index is 0.116. The van der Waals surface area contributed by atoms with E-state index in [9.17, 15) is 9.59 Å². The van der Waals surface area contributed by atoms with Crippen molar-refractivity contribution in [3.63, 3.8) is 0 Å². The van der Waals surface area contributed by atoms with Gasteiger partial charge in [-0.05, 0) is 114 Å². The highest BCUT2D eigenvalue weighted by Gasteiger charge is 2.35. The second kappa shape index (κ2) is 14.0. The molecule has 1 aliphatic rings. The molecule has 1 aromatic heterocycles. The van der Waals surface area contributed by atoms with Gasteiger partial charge >= 0.3 is 5.97 Å². The van der Waals surface area contributed by atoms with Gasteiger partial charge < -0.3 is 14.2 Å². The van der Waals surface area contributed by atoms with Gasteiger partial charge in [0.25, 0.3) is 5.56 Å². The molecule has 3 aromatic carbocycles. The number of hydrogen-bond donors (Lipinski definition) is 0. The van der Waals surface area contributed by atoms with Crippen LogP contribution in [0.25, 0.3) is 6.08 Å². The minimum atomic E-state index is -0.783. The number of allylic oxidation sites excluding steroid dienone is 1. The minimum Gasteiger partial charge on any atom is -0.491 e. The molecule has 228 valence electrons. The van der Waals surface area contributed by atoms with Crippen molar-refractivity contribution in [2.45, 2.75) is 46.4 Å². The van der Waals surface area contributed by atoms with Crippen molar-refractivity contribution in [1.82, 2.24) is 4.57 Å². The van der Waals surface area contributed by atoms with Crippen LogP contribution < -0.4 is 24.4 Å². The third kappa shape index (κ3) is 6.98. The number of hydrogen-bond acceptors (Lipinski definition) is 7. The van der Waals surface area contributed by atoms with Crippen molar-refractivity contribution in [1.29, 1.82) is 0 Å². The lowest BCUT2D eigenvalue weighted by molar-refractivity contribution is -0.139. The molecule has 0 N–H and O–H groups in total. The van der Waals surface area contributed by atoms with E-state index >= 15 is 0 Å². The topological polar surface area (TPSA) is 79.1 Å². The number of aromatic nitrogens is 1. The molecule has 0 unspecified atom stereocenters. The fourth-order valence-corrected chi connectivity index (χ4v) is 7.24. The Balaban J connectivity index is 1.58. The van der Waals surface area contributed by atoms with Crippen LogP contribution in [0.5, 0.6) is 11.5 Å². The number of para-hydroxylation sites is 1. The summed E-state index contributed by atoms with van der Waals surface area (Å²) in [4.78, 5) is 32.5. The largest absolute Gasteiger partial charge is 0.491 e. The summed E-state index contributed by atoms with van der Waals surface area (Å²) >= 11 is 13.7. The van der Waals surface area contributed by atoms with Crippen LogP contribution in [0.2, 0.25) is 5.02 Å². The Hall–Kier alpha value is -2.93. The molecule has 5 rings (SSSR count). The molecule has 11 heteroatoms. The van der Waals surface area contributed by atoms with E-state index in [1.54, 1.807) is 30.6 Å². The molecule has 0 saturated heterocycles. The van der Waals surface area contributed by atoms with Crippen LogP contribution in [0.3, 0.4) is 0 Å². The van der Waals surface area contributed by atoms with Crippen LogP contribution in [-0.4, -0.2) is 23.2 Å². The summed E-state index contributed by atoms with van der Waals surface area (Å²) < 4.78 is 21.3. The van der Waals surface area contributed by atoms with Gasteiger partial charge in [-0.15, -0.1) is 0 Å². The van der Waals surface area contributed by atoms with E-state index in [-0.39, 0.29) is 18.3 Å². The first-order valence-electron chi connectivity index (χ1n) is 13.9. The van der Waals surface area contributed by atoms with Crippen molar-refractivity contribution in [2.75, 3.05) is 6.61 Å². The third-order valence-corrected chi connectivity index (χ3v) is 9.28. The Morgan fingerprint density at radius 3 is 2.59 bits per heavy atom. The number of carbonyl (C=O) groups excluding carboxylic acids is 1. The standard InChI is InChI=1S/C33H29BrClIN2O5S/c1-5-41-32(40)28-19(4)37-33-38(29(28)23-8-6-7-9-26(23)43-18(2)3)31(39)27(44-33)16-21-14-24(34)30(25(35)15-21)42-17-20-10-12-22(36)13-11-20/h6-16,18,29H,5,17H2,1-4H3/b27-16+/t29-/m0/s1. The molecule has 1 atom stereocenters. The Kier molecular flexibility index (Phi) is 10.3. The Labute approximate surface area is 286 Å². The summed E-state index contributed by atoms with van der Waals surface area (Å²) in [5.41, 5.74) is 2.89. The van der Waals surface area contributed by atoms with Crippen molar-refractivity contribution in [3.8, 4) is 11.5 Å². The molecule has 7 nitrogen and oxygen atoms in total. The molecule has 0 amide bonds. The number of nitrogens with zero attached hydrogens (tertiary/aromatic N) is 2. The maximum atomic E-state index is 14.1. The van der Waals surface area contributed by atoms with Crippen molar-refractivity contribution in [3.05, 3.63) is 121 Å². The van der Waals surface area contributed by atoms with Crippen molar-refractivity contribution in [2.24, 2.45) is 4.99 Å². The van der Waals surface area contributed by atoms with Gasteiger partial charge in [0.1, 0.15) is 18.4 Å². The quantitative estimate of drug-likeness (QED) is 0.132. The normalized spacial score (nSPS) is 14.8. The predicted octanol–water partition coefficient (Wildman–Crippen LogP) is 7.19. The molecular weight excluding hydrogens is 779 g/mol. The van der Waals surface area contributed by atoms with Gasteiger partial charge in [0.2, 0.25) is 0 Å². The lowest BCUT2D eigenvalue weighted by atomic mass is 9.95. The van der Waals surface area contributed by atoms with Gasteiger partial charge in [-0.3, -0.25) is 9.36 Å². The summed E-state index contributed by atoms with van der Waals surface area (Å²) in [7, 11) is 0. The zero-order valence-corrected chi connectivity index (χ0v) is 29.7. The highest BCUT2D eigenvalue weighted by atomic mass is 127. The fraction of sp³-hybridized carbons (Fsp3) is 0.242. The maximum absolute atomic E-state index is 14.1. The van der Waals surface area contributed by atoms with E-state index in [2.05, 4.69) is 43.5 Å². The van der Waals surface area contributed by atoms with Gasteiger partial charge in [0.05, 0.1) is 38.0 Å². The average molecular weight is 808 g/mol. The smallest absolute Gasteiger partial charge is 0.338 e. The van der Waals surface area contributed by atoms with E-state index in [0.717, 1.165) is 9.13 Å². The van der Waals surface area contributed by atoms with Crippen molar-refractivity contribution < 1.29 is 19.0 Å². The van der Waals surface area contributed by atoms with Crippen LogP contribution in [0.4, 0.5) is 0 Å². The van der Waals surface area contributed by atoms with Gasteiger partial charge in [-0.1, -0.05) is 53.3 Å². The zero-order valence-electron chi connectivity index (χ0n) is 24.4. The van der Waals surface area contributed by atoms with Crippen molar-refractivity contribution >= 4 is 73.5 Å². The summed E-state index contributed by atoms with van der Waals surface area (Å²) in [6.45, 7) is 7.91. The van der Waals surface area contributed by atoms with Gasteiger partial charge in [-0.25, -0.2) is 9.79 Å². The number of halogens is 3. The van der Waals surface area contributed by atoms with Gasteiger partial charge in [0, 0.05) is 9.13 Å². The lowest BCUT2D eigenvalue weighted by Gasteiger charge is -2.26. The molecule has 1 aliphatic heterocycles. The van der Waals surface area contributed by atoms with Crippen LogP contribution in [0.1, 0.15) is 50.4 Å². The lowest BCUT2D eigenvalue weighted by Crippen LogP contribution is -2.40. The highest BCUT2D eigenvalue weighted by Crippen LogP contribution is 2.37. The van der Waals surface area contributed by atoms with E-state index < -0.39 is 12.0 Å². The van der Waals surface area contributed by atoms with Gasteiger partial charge in [0.15, 0.2) is 10.6 Å². The number of esters is 1. The SMILES string of the molecule is CCOC(=O)C1=C(C)N=c2s/c(=C/c3cc(Cl)c(OCc4ccc(I)cc4)c(Br)c3)c(=O)n2[C@H]1c1ccccc1OC(C)C. The molecule has 2 heterocycles. The van der Waals surface area contributed by atoms with E-state index in [1.807, 2.05) is 68.4 Å². The third-order valence-electron chi connectivity index (χ3n) is 6.71. The van der Waals surface area contributed by atoms with E-state index in [0.29, 0.717) is 59.3 Å². The predicted molar refractivity (Wildman–Crippen MR) is 185 cm³/mol.